The highest BCUT2D eigenvalue weighted by atomic mass is 35.5. The van der Waals surface area contributed by atoms with Gasteiger partial charge in [0.2, 0.25) is 0 Å². The Morgan fingerprint density at radius 1 is 1.21 bits per heavy atom. The number of alkyl halides is 1. The molecule has 0 saturated heterocycles. The van der Waals surface area contributed by atoms with Gasteiger partial charge in [0.1, 0.15) is 5.67 Å². The maximum absolute atomic E-state index is 14.5. The molecule has 2 aromatic rings. The Labute approximate surface area is 202 Å². The number of anilines is 1. The predicted octanol–water partition coefficient (Wildman–Crippen LogP) is 8.20. The van der Waals surface area contributed by atoms with Crippen molar-refractivity contribution in [3.05, 3.63) is 101 Å². The van der Waals surface area contributed by atoms with Gasteiger partial charge in [-0.3, -0.25) is 4.98 Å². The van der Waals surface area contributed by atoms with Gasteiger partial charge in [0.05, 0.1) is 28.3 Å². The number of pyridine rings is 1. The molecule has 0 radical (unpaired) electrons. The Hall–Kier alpha value is -2.98. The molecule has 0 aliphatic rings. The third-order valence-electron chi connectivity index (χ3n) is 5.26. The molecule has 0 unspecified atom stereocenters. The number of hydrogen-bond acceptors (Lipinski definition) is 3. The van der Waals surface area contributed by atoms with E-state index in [0.717, 1.165) is 39.3 Å². The quantitative estimate of drug-likeness (QED) is 0.379. The van der Waals surface area contributed by atoms with Gasteiger partial charge in [-0.15, -0.1) is 0 Å². The van der Waals surface area contributed by atoms with Crippen LogP contribution >= 0.6 is 11.6 Å². The van der Waals surface area contributed by atoms with E-state index in [2.05, 4.69) is 54.1 Å². The Morgan fingerprint density at radius 3 is 2.39 bits per heavy atom. The van der Waals surface area contributed by atoms with Crippen molar-refractivity contribution in [2.75, 3.05) is 5.32 Å². The van der Waals surface area contributed by atoms with Crippen molar-refractivity contribution < 1.29 is 4.39 Å². The minimum absolute atomic E-state index is 0.363. The molecule has 1 heterocycles. The first kappa shape index (κ1) is 26.3. The summed E-state index contributed by atoms with van der Waals surface area (Å²) in [6, 6.07) is 7.98. The summed E-state index contributed by atoms with van der Waals surface area (Å²) >= 11 is 6.10. The molecule has 1 N–H and O–H groups in total. The van der Waals surface area contributed by atoms with Crippen molar-refractivity contribution in [2.45, 2.75) is 53.6 Å². The molecule has 1 aromatic carbocycles. The van der Waals surface area contributed by atoms with Gasteiger partial charge in [0.25, 0.3) is 0 Å². The Balaban J connectivity index is 2.22. The lowest BCUT2D eigenvalue weighted by Gasteiger charge is -2.19. The Bertz CT molecular complexity index is 1130. The molecule has 0 spiro atoms. The summed E-state index contributed by atoms with van der Waals surface area (Å²) in [5, 5.41) is 3.63. The molecule has 1 aromatic heterocycles. The van der Waals surface area contributed by atoms with Crippen LogP contribution in [0.4, 0.5) is 10.1 Å². The fourth-order valence-corrected chi connectivity index (χ4v) is 3.74. The van der Waals surface area contributed by atoms with Crippen LogP contribution in [0.5, 0.6) is 0 Å². The number of aryl methyl sites for hydroxylation is 2. The number of allylic oxidation sites excluding steroid dienone is 4. The first-order valence-electron chi connectivity index (χ1n) is 10.8. The topological polar surface area (TPSA) is 37.3 Å². The van der Waals surface area contributed by atoms with Crippen molar-refractivity contribution in [3.63, 3.8) is 0 Å². The third kappa shape index (κ3) is 7.00. The number of nitrogens with zero attached hydrogens (tertiary/aromatic N) is 2. The van der Waals surface area contributed by atoms with E-state index in [1.165, 1.54) is 13.8 Å². The first-order chi connectivity index (χ1) is 15.3. The molecule has 0 aliphatic heterocycles. The summed E-state index contributed by atoms with van der Waals surface area (Å²) in [5.41, 5.74) is 6.67. The standard InChI is InChI=1S/C28H33ClFN3/c1-10-26(33-27(17(2)3)20(6)29)23-12-11-22(18(4)13-23)14-19(5)32-24-15-25(28(8,9)30)21(7)31-16-24/h10-13,15-16,32H,2,5-6,14H2,1,3-4,7-9H3/b26-10-,33-27+. The Kier molecular flexibility index (Phi) is 8.57. The van der Waals surface area contributed by atoms with E-state index in [9.17, 15) is 4.39 Å². The summed E-state index contributed by atoms with van der Waals surface area (Å²) in [5.74, 6) is 0. The van der Waals surface area contributed by atoms with Crippen LogP contribution in [0, 0.1) is 13.8 Å². The number of hydrogen-bond donors (Lipinski definition) is 1. The van der Waals surface area contributed by atoms with Gasteiger partial charge in [0.15, 0.2) is 0 Å². The maximum atomic E-state index is 14.5. The maximum Gasteiger partial charge on any atom is 0.132 e. The zero-order valence-corrected chi connectivity index (χ0v) is 21.2. The number of benzene rings is 1. The molecule has 33 heavy (non-hydrogen) atoms. The average Bonchev–Trinajstić information content (AvgIpc) is 2.70. The summed E-state index contributed by atoms with van der Waals surface area (Å²) in [4.78, 5) is 8.99. The molecule has 0 amide bonds. The second kappa shape index (κ2) is 10.8. The van der Waals surface area contributed by atoms with Crippen LogP contribution in [0.15, 0.2) is 77.6 Å². The molecule has 0 aliphatic carbocycles. The molecular weight excluding hydrogens is 433 g/mol. The van der Waals surface area contributed by atoms with E-state index in [0.29, 0.717) is 28.4 Å². The van der Waals surface area contributed by atoms with Gasteiger partial charge < -0.3 is 5.32 Å². The zero-order chi connectivity index (χ0) is 24.9. The summed E-state index contributed by atoms with van der Waals surface area (Å²) < 4.78 is 14.5. The van der Waals surface area contributed by atoms with E-state index in [1.807, 2.05) is 32.9 Å². The van der Waals surface area contributed by atoms with Gasteiger partial charge in [-0.2, -0.15) is 0 Å². The van der Waals surface area contributed by atoms with Gasteiger partial charge in [-0.05, 0) is 70.4 Å². The highest BCUT2D eigenvalue weighted by Gasteiger charge is 2.22. The molecule has 2 rings (SSSR count). The van der Waals surface area contributed by atoms with Crippen LogP contribution in [0.2, 0.25) is 0 Å². The van der Waals surface area contributed by atoms with E-state index in [1.54, 1.807) is 12.3 Å². The molecular formula is C28H33ClFN3. The average molecular weight is 466 g/mol. The predicted molar refractivity (Wildman–Crippen MR) is 142 cm³/mol. The molecule has 174 valence electrons. The van der Waals surface area contributed by atoms with Crippen molar-refractivity contribution in [3.8, 4) is 0 Å². The molecule has 5 heteroatoms. The lowest BCUT2D eigenvalue weighted by Crippen LogP contribution is -2.13. The highest BCUT2D eigenvalue weighted by molar-refractivity contribution is 6.46. The largest absolute Gasteiger partial charge is 0.358 e. The van der Waals surface area contributed by atoms with Crippen LogP contribution in [0.3, 0.4) is 0 Å². The van der Waals surface area contributed by atoms with E-state index in [-0.39, 0.29) is 0 Å². The SMILES string of the molecule is C=C(Cc1ccc(C(=C/C)/N=C(\C(=C)C)C(=C)Cl)cc1C)Nc1cnc(C)c(C(C)(C)F)c1. The second-order valence-electron chi connectivity index (χ2n) is 8.70. The second-order valence-corrected chi connectivity index (χ2v) is 9.15. The van der Waals surface area contributed by atoms with Crippen molar-refractivity contribution in [1.29, 1.82) is 0 Å². The first-order valence-corrected chi connectivity index (χ1v) is 11.2. The van der Waals surface area contributed by atoms with Gasteiger partial charge in [-0.1, -0.05) is 49.5 Å². The van der Waals surface area contributed by atoms with E-state index >= 15 is 0 Å². The van der Waals surface area contributed by atoms with E-state index < -0.39 is 5.67 Å². The summed E-state index contributed by atoms with van der Waals surface area (Å²) in [6.07, 6.45) is 4.26. The number of nitrogens with one attached hydrogen (secondary N) is 1. The molecule has 3 nitrogen and oxygen atoms in total. The lowest BCUT2D eigenvalue weighted by atomic mass is 9.98. The minimum atomic E-state index is -1.46. The molecule has 0 atom stereocenters. The van der Waals surface area contributed by atoms with Crippen molar-refractivity contribution >= 4 is 28.7 Å². The fraction of sp³-hybridized carbons (Fsp3) is 0.286. The smallest absolute Gasteiger partial charge is 0.132 e. The van der Waals surface area contributed by atoms with Crippen LogP contribution in [-0.2, 0) is 12.1 Å². The summed E-state index contributed by atoms with van der Waals surface area (Å²) in [6.45, 7) is 22.6. The third-order valence-corrected chi connectivity index (χ3v) is 5.44. The number of halogens is 2. The monoisotopic (exact) mass is 465 g/mol. The van der Waals surface area contributed by atoms with Gasteiger partial charge in [0, 0.05) is 28.9 Å². The van der Waals surface area contributed by atoms with Crippen molar-refractivity contribution in [2.24, 2.45) is 4.99 Å². The van der Waals surface area contributed by atoms with Crippen molar-refractivity contribution in [1.82, 2.24) is 4.98 Å². The Morgan fingerprint density at radius 2 is 1.88 bits per heavy atom. The number of aliphatic imine (C=N–C) groups is 1. The van der Waals surface area contributed by atoms with E-state index in [4.69, 9.17) is 11.6 Å². The summed E-state index contributed by atoms with van der Waals surface area (Å²) in [7, 11) is 0. The number of rotatable bonds is 9. The molecule has 0 bridgehead atoms. The highest BCUT2D eigenvalue weighted by Crippen LogP contribution is 2.29. The lowest BCUT2D eigenvalue weighted by molar-refractivity contribution is 0.219. The normalized spacial score (nSPS) is 12.5. The van der Waals surface area contributed by atoms with Crippen LogP contribution < -0.4 is 5.32 Å². The van der Waals surface area contributed by atoms with Gasteiger partial charge in [-0.25, -0.2) is 9.38 Å². The zero-order valence-electron chi connectivity index (χ0n) is 20.4. The van der Waals surface area contributed by atoms with Crippen LogP contribution in [0.25, 0.3) is 5.70 Å². The van der Waals surface area contributed by atoms with Crippen LogP contribution in [-0.4, -0.2) is 10.7 Å². The minimum Gasteiger partial charge on any atom is -0.358 e. The number of aromatic nitrogens is 1. The van der Waals surface area contributed by atoms with Gasteiger partial charge >= 0.3 is 0 Å². The molecule has 0 fully saturated rings. The fourth-order valence-electron chi connectivity index (χ4n) is 3.54. The van der Waals surface area contributed by atoms with Crippen LogP contribution in [0.1, 0.15) is 55.6 Å². The molecule has 0 saturated carbocycles.